The number of thioether (sulfide) groups is 1. The molecule has 0 bridgehead atoms. The van der Waals surface area contributed by atoms with E-state index < -0.39 is 5.89 Å². The second kappa shape index (κ2) is 7.63. The van der Waals surface area contributed by atoms with Gasteiger partial charge in [-0.2, -0.15) is 5.26 Å². The number of likely N-dealkylation sites (tertiary alicyclic amines) is 1. The Morgan fingerprint density at radius 1 is 1.46 bits per heavy atom. The van der Waals surface area contributed by atoms with E-state index in [1.54, 1.807) is 30.1 Å². The van der Waals surface area contributed by atoms with Crippen LogP contribution in [0.5, 0.6) is 0 Å². The molecule has 1 saturated heterocycles. The van der Waals surface area contributed by atoms with Crippen LogP contribution in [0.1, 0.15) is 31.0 Å². The van der Waals surface area contributed by atoms with Crippen molar-refractivity contribution in [3.05, 3.63) is 47.6 Å². The number of hydrogen-bond donors (Lipinski definition) is 0. The molecule has 2 aliphatic rings. The zero-order chi connectivity index (χ0) is 17.9. The quantitative estimate of drug-likeness (QED) is 0.779. The molecule has 3 rings (SSSR count). The fraction of sp³-hybridized carbons (Fsp3) is 0.389. The van der Waals surface area contributed by atoms with E-state index in [1.165, 1.54) is 6.08 Å². The fourth-order valence-corrected chi connectivity index (χ4v) is 3.91. The molecule has 4 nitrogen and oxygen atoms in total. The standard InChI is InChI=1S/C18H18FN3OS/c19-16-9-13(10-20)1-3-17(16)22-7-5-15(6-8-22)24-18-4-2-14(12-23)11-21-18/h1-4,11-13,15H,5-9H2/i13D. The molecule has 1 aromatic heterocycles. The lowest BCUT2D eigenvalue weighted by Gasteiger charge is -2.35. The molecule has 24 heavy (non-hydrogen) atoms. The first-order valence-corrected chi connectivity index (χ1v) is 8.73. The molecule has 2 heterocycles. The molecule has 1 fully saturated rings. The minimum atomic E-state index is -1.49. The molecule has 6 heteroatoms. The topological polar surface area (TPSA) is 57.0 Å². The number of carbonyl (C=O) groups excluding carboxylic acids is 1. The smallest absolute Gasteiger partial charge is 0.151 e. The lowest BCUT2D eigenvalue weighted by Crippen LogP contribution is -2.34. The average Bonchev–Trinajstić information content (AvgIpc) is 2.63. The third-order valence-corrected chi connectivity index (χ3v) is 5.46. The summed E-state index contributed by atoms with van der Waals surface area (Å²) < 4.78 is 22.1. The third kappa shape index (κ3) is 3.85. The normalized spacial score (nSPS) is 25.3. The van der Waals surface area contributed by atoms with Crippen molar-refractivity contribution in [2.75, 3.05) is 13.1 Å². The van der Waals surface area contributed by atoms with Crippen LogP contribution in [0.25, 0.3) is 0 Å². The first kappa shape index (κ1) is 15.4. The lowest BCUT2D eigenvalue weighted by molar-refractivity contribution is 0.112. The number of rotatable bonds is 4. The molecule has 0 aromatic carbocycles. The van der Waals surface area contributed by atoms with Crippen LogP contribution in [0.4, 0.5) is 4.39 Å². The number of aromatic nitrogens is 1. The van der Waals surface area contributed by atoms with Gasteiger partial charge in [-0.15, -0.1) is 11.8 Å². The van der Waals surface area contributed by atoms with Gasteiger partial charge in [-0.1, -0.05) is 6.08 Å². The number of aldehydes is 1. The number of hydrogen-bond acceptors (Lipinski definition) is 5. The maximum Gasteiger partial charge on any atom is 0.151 e. The molecule has 1 aromatic rings. The summed E-state index contributed by atoms with van der Waals surface area (Å²) in [5.41, 5.74) is 1.07. The molecule has 1 aliphatic carbocycles. The number of piperidine rings is 1. The number of nitriles is 1. The average molecular weight is 344 g/mol. The highest BCUT2D eigenvalue weighted by molar-refractivity contribution is 7.99. The lowest BCUT2D eigenvalue weighted by atomic mass is 9.98. The number of carbonyl (C=O) groups is 1. The molecule has 1 unspecified atom stereocenters. The van der Waals surface area contributed by atoms with Gasteiger partial charge >= 0.3 is 0 Å². The van der Waals surface area contributed by atoms with Crippen LogP contribution < -0.4 is 0 Å². The van der Waals surface area contributed by atoms with E-state index in [4.69, 9.17) is 6.63 Å². The van der Waals surface area contributed by atoms with E-state index in [1.807, 2.05) is 17.0 Å². The van der Waals surface area contributed by atoms with Crippen molar-refractivity contribution >= 4 is 18.0 Å². The monoisotopic (exact) mass is 344 g/mol. The molecule has 0 amide bonds. The second-order valence-electron chi connectivity index (χ2n) is 5.79. The molecular formula is C18H18FN3OS. The SMILES string of the molecule is [2H]C1(C#N)C=CC(N2CCC(Sc3ccc(C=O)cn3)CC2)=C(F)C1. The third-order valence-electron chi connectivity index (χ3n) is 4.17. The molecule has 1 atom stereocenters. The molecule has 0 radical (unpaired) electrons. The molecular weight excluding hydrogens is 325 g/mol. The van der Waals surface area contributed by atoms with E-state index >= 15 is 0 Å². The van der Waals surface area contributed by atoms with E-state index in [2.05, 4.69) is 4.98 Å². The summed E-state index contributed by atoms with van der Waals surface area (Å²) in [5, 5.41) is 10.2. The van der Waals surface area contributed by atoms with Crippen LogP contribution in [-0.2, 0) is 0 Å². The maximum atomic E-state index is 14.3. The maximum absolute atomic E-state index is 14.3. The van der Waals surface area contributed by atoms with Crippen LogP contribution in [-0.4, -0.2) is 34.5 Å². The van der Waals surface area contributed by atoms with Gasteiger partial charge in [0.1, 0.15) is 5.83 Å². The highest BCUT2D eigenvalue weighted by Crippen LogP contribution is 2.33. The van der Waals surface area contributed by atoms with Gasteiger partial charge in [-0.05, 0) is 31.1 Å². The van der Waals surface area contributed by atoms with Gasteiger partial charge in [0.05, 0.1) is 24.1 Å². The Morgan fingerprint density at radius 2 is 2.25 bits per heavy atom. The predicted octanol–water partition coefficient (Wildman–Crippen LogP) is 3.73. The minimum absolute atomic E-state index is 0.184. The highest BCUT2D eigenvalue weighted by atomic mass is 32.2. The van der Waals surface area contributed by atoms with E-state index in [0.717, 1.165) is 37.2 Å². The summed E-state index contributed by atoms with van der Waals surface area (Å²) in [4.78, 5) is 16.9. The van der Waals surface area contributed by atoms with Crippen LogP contribution in [0.3, 0.4) is 0 Å². The van der Waals surface area contributed by atoms with Crippen molar-refractivity contribution in [2.45, 2.75) is 29.5 Å². The van der Waals surface area contributed by atoms with Crippen molar-refractivity contribution in [3.63, 3.8) is 0 Å². The van der Waals surface area contributed by atoms with E-state index in [9.17, 15) is 9.18 Å². The molecule has 0 spiro atoms. The summed E-state index contributed by atoms with van der Waals surface area (Å²) in [7, 11) is 0. The fourth-order valence-electron chi connectivity index (χ4n) is 2.86. The summed E-state index contributed by atoms with van der Waals surface area (Å²) in [6, 6.07) is 5.44. The van der Waals surface area contributed by atoms with Gasteiger partial charge < -0.3 is 4.90 Å². The Kier molecular flexibility index (Phi) is 4.89. The summed E-state index contributed by atoms with van der Waals surface area (Å²) in [6.07, 6.45) is 7.01. The number of pyridine rings is 1. The van der Waals surface area contributed by atoms with Crippen molar-refractivity contribution < 1.29 is 10.6 Å². The zero-order valence-electron chi connectivity index (χ0n) is 14.1. The van der Waals surface area contributed by atoms with Crippen molar-refractivity contribution in [3.8, 4) is 6.07 Å². The molecule has 0 saturated carbocycles. The Bertz CT molecular complexity index is 751. The van der Waals surface area contributed by atoms with Gasteiger partial charge in [0.15, 0.2) is 6.29 Å². The van der Waals surface area contributed by atoms with Gasteiger partial charge in [-0.3, -0.25) is 4.79 Å². The van der Waals surface area contributed by atoms with Crippen molar-refractivity contribution in [2.24, 2.45) is 5.89 Å². The Morgan fingerprint density at radius 3 is 2.83 bits per heavy atom. The minimum Gasteiger partial charge on any atom is -0.369 e. The molecule has 124 valence electrons. The largest absolute Gasteiger partial charge is 0.369 e. The summed E-state index contributed by atoms with van der Waals surface area (Å²) in [5.74, 6) is -1.86. The Hall–Kier alpha value is -2.13. The van der Waals surface area contributed by atoms with Gasteiger partial charge in [0, 0.05) is 36.5 Å². The van der Waals surface area contributed by atoms with Crippen LogP contribution >= 0.6 is 11.8 Å². The zero-order valence-corrected chi connectivity index (χ0v) is 13.9. The van der Waals surface area contributed by atoms with Crippen molar-refractivity contribution in [1.82, 2.24) is 9.88 Å². The van der Waals surface area contributed by atoms with Gasteiger partial charge in [0.25, 0.3) is 0 Å². The number of nitrogens with zero attached hydrogens (tertiary/aromatic N) is 3. The first-order valence-electron chi connectivity index (χ1n) is 8.35. The highest BCUT2D eigenvalue weighted by Gasteiger charge is 2.25. The number of halogens is 1. The van der Waals surface area contributed by atoms with Crippen molar-refractivity contribution in [1.29, 1.82) is 5.26 Å². The van der Waals surface area contributed by atoms with Crippen LogP contribution in [0.2, 0.25) is 0 Å². The van der Waals surface area contributed by atoms with Crippen LogP contribution in [0, 0.1) is 17.2 Å². The van der Waals surface area contributed by atoms with E-state index in [0.29, 0.717) is 16.5 Å². The Labute approximate surface area is 146 Å². The van der Waals surface area contributed by atoms with E-state index in [-0.39, 0.29) is 12.2 Å². The first-order chi connectivity index (χ1) is 12.0. The van der Waals surface area contributed by atoms with Crippen LogP contribution in [0.15, 0.2) is 47.0 Å². The Balaban J connectivity index is 1.57. The summed E-state index contributed by atoms with van der Waals surface area (Å²) in [6.45, 7) is 1.46. The number of allylic oxidation sites excluding steroid dienone is 3. The summed E-state index contributed by atoms with van der Waals surface area (Å²) >= 11 is 1.68. The molecule has 0 N–H and O–H groups in total. The van der Waals surface area contributed by atoms with Gasteiger partial charge in [0.2, 0.25) is 0 Å². The van der Waals surface area contributed by atoms with Gasteiger partial charge in [-0.25, -0.2) is 9.37 Å². The second-order valence-corrected chi connectivity index (χ2v) is 7.11. The molecule has 1 aliphatic heterocycles. The predicted molar refractivity (Wildman–Crippen MR) is 91.1 cm³/mol.